The average Bonchev–Trinajstić information content (AvgIpc) is 3.48. The van der Waals surface area contributed by atoms with Gasteiger partial charge in [0, 0.05) is 25.6 Å². The lowest BCUT2D eigenvalue weighted by Gasteiger charge is -2.30. The molecule has 1 atom stereocenters. The molecular formula is C33H45N3O7. The van der Waals surface area contributed by atoms with Crippen molar-refractivity contribution in [2.24, 2.45) is 5.92 Å². The van der Waals surface area contributed by atoms with E-state index in [0.717, 1.165) is 17.5 Å². The molecule has 3 amide bonds. The van der Waals surface area contributed by atoms with E-state index in [0.29, 0.717) is 51.7 Å². The van der Waals surface area contributed by atoms with Crippen LogP contribution in [0.15, 0.2) is 60.7 Å². The molecule has 1 saturated heterocycles. The maximum atomic E-state index is 13.7. The number of hydrogen-bond acceptors (Lipinski definition) is 7. The number of ether oxygens (including phenoxy) is 3. The van der Waals surface area contributed by atoms with E-state index in [4.69, 9.17) is 14.2 Å². The van der Waals surface area contributed by atoms with Crippen LogP contribution in [0.5, 0.6) is 0 Å². The van der Waals surface area contributed by atoms with E-state index in [1.165, 1.54) is 0 Å². The van der Waals surface area contributed by atoms with Crippen LogP contribution < -0.4 is 10.6 Å². The number of carbonyl (C=O) groups is 4. The Hall–Kier alpha value is -4.08. The van der Waals surface area contributed by atoms with E-state index in [9.17, 15) is 19.2 Å². The fourth-order valence-electron chi connectivity index (χ4n) is 4.90. The molecule has 10 heteroatoms. The summed E-state index contributed by atoms with van der Waals surface area (Å²) >= 11 is 0. The van der Waals surface area contributed by atoms with E-state index in [2.05, 4.69) is 10.6 Å². The molecule has 234 valence electrons. The number of esters is 1. The second-order valence-electron chi connectivity index (χ2n) is 11.7. The van der Waals surface area contributed by atoms with Gasteiger partial charge in [-0.3, -0.25) is 4.79 Å². The number of hydrogen-bond donors (Lipinski definition) is 2. The molecule has 43 heavy (non-hydrogen) atoms. The Morgan fingerprint density at radius 3 is 1.77 bits per heavy atom. The van der Waals surface area contributed by atoms with E-state index in [1.807, 2.05) is 81.4 Å². The fraction of sp³-hybridized carbons (Fsp3) is 0.515. The Kier molecular flexibility index (Phi) is 13.3. The summed E-state index contributed by atoms with van der Waals surface area (Å²) in [5.41, 5.74) is 1.15. The third-order valence-electron chi connectivity index (χ3n) is 6.99. The van der Waals surface area contributed by atoms with Crippen LogP contribution in [0.2, 0.25) is 0 Å². The predicted molar refractivity (Wildman–Crippen MR) is 162 cm³/mol. The number of rotatable bonds is 14. The first-order valence-electron chi connectivity index (χ1n) is 15.0. The molecular weight excluding hydrogens is 550 g/mol. The molecule has 1 aliphatic rings. The van der Waals surface area contributed by atoms with Crippen LogP contribution in [0.4, 0.5) is 9.59 Å². The lowest BCUT2D eigenvalue weighted by molar-refractivity contribution is -0.164. The third kappa shape index (κ3) is 12.4. The number of benzene rings is 2. The Balaban J connectivity index is 1.49. The van der Waals surface area contributed by atoms with Crippen molar-refractivity contribution < 1.29 is 33.4 Å². The van der Waals surface area contributed by atoms with E-state index in [-0.39, 0.29) is 31.0 Å². The first-order valence-corrected chi connectivity index (χ1v) is 15.0. The molecule has 0 saturated carbocycles. The van der Waals surface area contributed by atoms with Gasteiger partial charge < -0.3 is 29.7 Å². The number of likely N-dealkylation sites (tertiary alicyclic amines) is 1. The van der Waals surface area contributed by atoms with Crippen molar-refractivity contribution in [1.82, 2.24) is 15.5 Å². The molecule has 0 unspecified atom stereocenters. The minimum atomic E-state index is -0.643. The van der Waals surface area contributed by atoms with Crippen LogP contribution in [0.3, 0.4) is 0 Å². The molecule has 0 aromatic heterocycles. The summed E-state index contributed by atoms with van der Waals surface area (Å²) in [5, 5.41) is 5.49. The highest BCUT2D eigenvalue weighted by Gasteiger charge is 2.39. The number of nitrogens with zero attached hydrogens (tertiary/aromatic N) is 1. The minimum Gasteiger partial charge on any atom is -0.458 e. The number of amides is 3. The molecule has 2 N–H and O–H groups in total. The van der Waals surface area contributed by atoms with E-state index < -0.39 is 23.8 Å². The van der Waals surface area contributed by atoms with Crippen molar-refractivity contribution in [3.63, 3.8) is 0 Å². The molecule has 0 radical (unpaired) electrons. The van der Waals surface area contributed by atoms with E-state index >= 15 is 0 Å². The maximum absolute atomic E-state index is 13.7. The molecule has 2 aromatic carbocycles. The Morgan fingerprint density at radius 2 is 1.30 bits per heavy atom. The zero-order chi connectivity index (χ0) is 31.1. The lowest BCUT2D eigenvalue weighted by Crippen LogP contribution is -2.46. The van der Waals surface area contributed by atoms with E-state index in [1.54, 1.807) is 4.90 Å². The van der Waals surface area contributed by atoms with Gasteiger partial charge in [0.15, 0.2) is 0 Å². The van der Waals surface area contributed by atoms with Crippen LogP contribution in [-0.4, -0.2) is 60.2 Å². The molecule has 3 rings (SSSR count). The summed E-state index contributed by atoms with van der Waals surface area (Å²) < 4.78 is 16.1. The summed E-state index contributed by atoms with van der Waals surface area (Å²) in [4.78, 5) is 52.5. The summed E-state index contributed by atoms with van der Waals surface area (Å²) in [6.07, 6.45) is 2.37. The van der Waals surface area contributed by atoms with Crippen molar-refractivity contribution >= 4 is 24.1 Å². The van der Waals surface area contributed by atoms with Gasteiger partial charge in [-0.1, -0.05) is 60.7 Å². The van der Waals surface area contributed by atoms with Crippen molar-refractivity contribution in [3.05, 3.63) is 71.8 Å². The van der Waals surface area contributed by atoms with Crippen molar-refractivity contribution in [2.45, 2.75) is 84.2 Å². The first kappa shape index (κ1) is 33.4. The van der Waals surface area contributed by atoms with Gasteiger partial charge in [-0.05, 0) is 70.4 Å². The average molecular weight is 596 g/mol. The molecule has 1 fully saturated rings. The van der Waals surface area contributed by atoms with Crippen LogP contribution in [-0.2, 0) is 37.0 Å². The minimum absolute atomic E-state index is 0.105. The SMILES string of the molecule is CC(C)(C)OC(=O)[C@@H]1CCCN1C(=O)C(CCCNC(=O)OCc1ccccc1)CCCNC(=O)OCc1ccccc1. The first-order chi connectivity index (χ1) is 20.6. The lowest BCUT2D eigenvalue weighted by atomic mass is 9.95. The normalized spacial score (nSPS) is 14.7. The quantitative estimate of drug-likeness (QED) is 0.172. The number of carbonyl (C=O) groups excluding carboxylic acids is 4. The summed E-state index contributed by atoms with van der Waals surface area (Å²) in [6, 6.07) is 18.2. The highest BCUT2D eigenvalue weighted by atomic mass is 16.6. The monoisotopic (exact) mass is 595 g/mol. The summed E-state index contributed by atoms with van der Waals surface area (Å²) in [6.45, 7) is 6.96. The van der Waals surface area contributed by atoms with Crippen LogP contribution in [0.25, 0.3) is 0 Å². The number of nitrogens with one attached hydrogen (secondary N) is 2. The summed E-state index contributed by atoms with van der Waals surface area (Å²) in [5.74, 6) is -0.873. The topological polar surface area (TPSA) is 123 Å². The molecule has 2 aromatic rings. The van der Waals surface area contributed by atoms with Gasteiger partial charge in [0.1, 0.15) is 24.9 Å². The highest BCUT2D eigenvalue weighted by Crippen LogP contribution is 2.26. The van der Waals surface area contributed by atoms with Crippen molar-refractivity contribution in [3.8, 4) is 0 Å². The second kappa shape index (κ2) is 17.1. The zero-order valence-corrected chi connectivity index (χ0v) is 25.5. The highest BCUT2D eigenvalue weighted by molar-refractivity contribution is 5.86. The third-order valence-corrected chi connectivity index (χ3v) is 6.99. The second-order valence-corrected chi connectivity index (χ2v) is 11.7. The standard InChI is InChI=1S/C33H45N3O7/c1-33(2,3)43-30(38)28-19-12-22-36(28)29(37)27(17-10-20-34-31(39)41-23-25-13-6-4-7-14-25)18-11-21-35-32(40)42-24-26-15-8-5-9-16-26/h4-9,13-16,27-28H,10-12,17-24H2,1-3H3,(H,34,39)(H,35,40)/t28-/m0/s1. The molecule has 10 nitrogen and oxygen atoms in total. The molecule has 0 spiro atoms. The molecule has 1 aliphatic heterocycles. The summed E-state index contributed by atoms with van der Waals surface area (Å²) in [7, 11) is 0. The molecule has 1 heterocycles. The van der Waals surface area contributed by atoms with Crippen LogP contribution in [0.1, 0.15) is 70.4 Å². The smallest absolute Gasteiger partial charge is 0.407 e. The fourth-order valence-corrected chi connectivity index (χ4v) is 4.90. The van der Waals surface area contributed by atoms with Gasteiger partial charge in [-0.2, -0.15) is 0 Å². The predicted octanol–water partition coefficient (Wildman–Crippen LogP) is 5.35. The molecule has 0 bridgehead atoms. The maximum Gasteiger partial charge on any atom is 0.407 e. The number of alkyl carbamates (subject to hydrolysis) is 2. The van der Waals surface area contributed by atoms with Gasteiger partial charge >= 0.3 is 18.2 Å². The van der Waals surface area contributed by atoms with Gasteiger partial charge in [-0.15, -0.1) is 0 Å². The van der Waals surface area contributed by atoms with Gasteiger partial charge in [0.2, 0.25) is 5.91 Å². The molecule has 0 aliphatic carbocycles. The van der Waals surface area contributed by atoms with Crippen LogP contribution >= 0.6 is 0 Å². The van der Waals surface area contributed by atoms with Gasteiger partial charge in [-0.25, -0.2) is 14.4 Å². The van der Waals surface area contributed by atoms with Crippen LogP contribution in [0, 0.1) is 5.92 Å². The Labute approximate surface area is 254 Å². The largest absolute Gasteiger partial charge is 0.458 e. The van der Waals surface area contributed by atoms with Crippen molar-refractivity contribution in [2.75, 3.05) is 19.6 Å². The zero-order valence-electron chi connectivity index (χ0n) is 25.5. The van der Waals surface area contributed by atoms with Crippen molar-refractivity contribution in [1.29, 1.82) is 0 Å². The Bertz CT molecular complexity index is 1100. The van der Waals surface area contributed by atoms with Gasteiger partial charge in [0.25, 0.3) is 0 Å². The van der Waals surface area contributed by atoms with Gasteiger partial charge in [0.05, 0.1) is 0 Å². The Morgan fingerprint density at radius 1 is 0.814 bits per heavy atom.